The van der Waals surface area contributed by atoms with Crippen molar-refractivity contribution in [3.8, 4) is 5.75 Å². The van der Waals surface area contributed by atoms with Crippen molar-refractivity contribution < 1.29 is 14.3 Å². The molecule has 6 nitrogen and oxygen atoms in total. The van der Waals surface area contributed by atoms with Gasteiger partial charge in [0.05, 0.1) is 5.02 Å². The number of primary amides is 1. The molecule has 1 atom stereocenters. The van der Waals surface area contributed by atoms with Crippen LogP contribution in [0.4, 0.5) is 0 Å². The van der Waals surface area contributed by atoms with Crippen LogP contribution >= 0.6 is 11.6 Å². The number of benzene rings is 1. The standard InChI is InChI=1S/C14H14ClN3O3/c1-8(14(16)20)18-12(19)7-21-11-5-4-10(15)9-3-2-6-17-13(9)11/h2-6,8H,7H2,1H3,(H2,16,20)(H,18,19). The molecule has 1 heterocycles. The predicted octanol–water partition coefficient (Wildman–Crippen LogP) is 1.26. The number of ether oxygens (including phenoxy) is 1. The van der Waals surface area contributed by atoms with Gasteiger partial charge in [0.25, 0.3) is 5.91 Å². The van der Waals surface area contributed by atoms with Gasteiger partial charge in [0.1, 0.15) is 17.3 Å². The normalized spacial score (nSPS) is 11.9. The van der Waals surface area contributed by atoms with E-state index in [4.69, 9.17) is 22.1 Å². The van der Waals surface area contributed by atoms with Crippen LogP contribution in [0, 0.1) is 0 Å². The van der Waals surface area contributed by atoms with Crippen molar-refractivity contribution in [1.29, 1.82) is 0 Å². The third-order valence-corrected chi connectivity index (χ3v) is 3.17. The maximum absolute atomic E-state index is 11.6. The Balaban J connectivity index is 2.09. The number of carbonyl (C=O) groups excluding carboxylic acids is 2. The maximum Gasteiger partial charge on any atom is 0.258 e. The minimum Gasteiger partial charge on any atom is -0.481 e. The number of carbonyl (C=O) groups is 2. The van der Waals surface area contributed by atoms with Gasteiger partial charge in [-0.05, 0) is 31.2 Å². The van der Waals surface area contributed by atoms with Crippen LogP contribution in [-0.2, 0) is 9.59 Å². The molecule has 0 saturated heterocycles. The minimum atomic E-state index is -0.749. The second-order valence-electron chi connectivity index (χ2n) is 4.43. The summed E-state index contributed by atoms with van der Waals surface area (Å²) in [7, 11) is 0. The zero-order valence-electron chi connectivity index (χ0n) is 11.3. The molecule has 21 heavy (non-hydrogen) atoms. The molecule has 2 aromatic rings. The summed E-state index contributed by atoms with van der Waals surface area (Å²) in [5.74, 6) is -0.612. The van der Waals surface area contributed by atoms with Gasteiger partial charge in [-0.1, -0.05) is 11.6 Å². The molecule has 0 aliphatic heterocycles. The number of aromatic nitrogens is 1. The van der Waals surface area contributed by atoms with Crippen molar-refractivity contribution in [2.24, 2.45) is 5.73 Å². The van der Waals surface area contributed by atoms with Gasteiger partial charge in [0.15, 0.2) is 6.61 Å². The van der Waals surface area contributed by atoms with E-state index in [2.05, 4.69) is 10.3 Å². The molecule has 0 aliphatic rings. The number of halogens is 1. The van der Waals surface area contributed by atoms with Crippen molar-refractivity contribution in [3.05, 3.63) is 35.5 Å². The average Bonchev–Trinajstić information content (AvgIpc) is 2.46. The van der Waals surface area contributed by atoms with Crippen molar-refractivity contribution in [1.82, 2.24) is 10.3 Å². The van der Waals surface area contributed by atoms with Crippen LogP contribution in [0.15, 0.2) is 30.5 Å². The van der Waals surface area contributed by atoms with Crippen molar-refractivity contribution in [2.45, 2.75) is 13.0 Å². The van der Waals surface area contributed by atoms with Crippen LogP contribution in [-0.4, -0.2) is 29.4 Å². The molecule has 7 heteroatoms. The summed E-state index contributed by atoms with van der Waals surface area (Å²) in [6, 6.07) is 6.14. The first-order valence-corrected chi connectivity index (χ1v) is 6.61. The molecule has 0 radical (unpaired) electrons. The molecule has 0 spiro atoms. The SMILES string of the molecule is CC(NC(=O)COc1ccc(Cl)c2cccnc12)C(N)=O. The van der Waals surface area contributed by atoms with E-state index < -0.39 is 17.9 Å². The molecule has 0 bridgehead atoms. The summed E-state index contributed by atoms with van der Waals surface area (Å²) in [6.45, 7) is 1.25. The van der Waals surface area contributed by atoms with Gasteiger partial charge >= 0.3 is 0 Å². The van der Waals surface area contributed by atoms with E-state index in [0.29, 0.717) is 16.3 Å². The third kappa shape index (κ3) is 3.61. The lowest BCUT2D eigenvalue weighted by Crippen LogP contribution is -2.44. The van der Waals surface area contributed by atoms with Gasteiger partial charge in [-0.3, -0.25) is 14.6 Å². The zero-order chi connectivity index (χ0) is 15.4. The van der Waals surface area contributed by atoms with Crippen molar-refractivity contribution in [2.75, 3.05) is 6.61 Å². The van der Waals surface area contributed by atoms with E-state index in [-0.39, 0.29) is 6.61 Å². The lowest BCUT2D eigenvalue weighted by atomic mass is 10.2. The van der Waals surface area contributed by atoms with Gasteiger partial charge in [-0.25, -0.2) is 0 Å². The number of amides is 2. The first-order valence-electron chi connectivity index (χ1n) is 6.23. The van der Waals surface area contributed by atoms with Gasteiger partial charge in [0.2, 0.25) is 5.91 Å². The van der Waals surface area contributed by atoms with E-state index in [0.717, 1.165) is 5.39 Å². The number of nitrogens with two attached hydrogens (primary N) is 1. The van der Waals surface area contributed by atoms with Crippen LogP contribution < -0.4 is 15.8 Å². The zero-order valence-corrected chi connectivity index (χ0v) is 12.1. The fourth-order valence-corrected chi connectivity index (χ4v) is 1.94. The molecule has 1 unspecified atom stereocenters. The number of nitrogens with one attached hydrogen (secondary N) is 1. The number of rotatable bonds is 5. The average molecular weight is 308 g/mol. The summed E-state index contributed by atoms with van der Waals surface area (Å²) >= 11 is 6.07. The fraction of sp³-hybridized carbons (Fsp3) is 0.214. The summed E-state index contributed by atoms with van der Waals surface area (Å²) < 4.78 is 5.43. The van der Waals surface area contributed by atoms with Crippen LogP contribution in [0.2, 0.25) is 5.02 Å². The van der Waals surface area contributed by atoms with Gasteiger partial charge in [-0.15, -0.1) is 0 Å². The van der Waals surface area contributed by atoms with Gasteiger partial charge in [-0.2, -0.15) is 0 Å². The molecule has 0 fully saturated rings. The predicted molar refractivity (Wildman–Crippen MR) is 79.0 cm³/mol. The number of hydrogen-bond donors (Lipinski definition) is 2. The molecule has 3 N–H and O–H groups in total. The van der Waals surface area contributed by atoms with Crippen LogP contribution in [0.25, 0.3) is 10.9 Å². The number of nitrogens with zero attached hydrogens (tertiary/aromatic N) is 1. The Bertz CT molecular complexity index is 690. The Labute approximate surface area is 126 Å². The van der Waals surface area contributed by atoms with E-state index in [1.807, 2.05) is 6.07 Å². The smallest absolute Gasteiger partial charge is 0.258 e. The Hall–Kier alpha value is -2.34. The molecule has 0 aliphatic carbocycles. The Morgan fingerprint density at radius 1 is 1.43 bits per heavy atom. The highest BCUT2D eigenvalue weighted by Gasteiger charge is 2.13. The van der Waals surface area contributed by atoms with E-state index in [9.17, 15) is 9.59 Å². The van der Waals surface area contributed by atoms with Crippen molar-refractivity contribution >= 4 is 34.3 Å². The monoisotopic (exact) mass is 307 g/mol. The number of hydrogen-bond acceptors (Lipinski definition) is 4. The topological polar surface area (TPSA) is 94.3 Å². The fourth-order valence-electron chi connectivity index (χ4n) is 1.73. The summed E-state index contributed by atoms with van der Waals surface area (Å²) in [6.07, 6.45) is 1.61. The van der Waals surface area contributed by atoms with Crippen molar-refractivity contribution in [3.63, 3.8) is 0 Å². The highest BCUT2D eigenvalue weighted by atomic mass is 35.5. The first-order chi connectivity index (χ1) is 9.99. The molecule has 2 amide bonds. The molecule has 0 saturated carbocycles. The summed E-state index contributed by atoms with van der Waals surface area (Å²) in [5, 5.41) is 3.72. The third-order valence-electron chi connectivity index (χ3n) is 2.84. The minimum absolute atomic E-state index is 0.245. The first kappa shape index (κ1) is 15.1. The van der Waals surface area contributed by atoms with Gasteiger partial charge < -0.3 is 15.8 Å². The molecular weight excluding hydrogens is 294 g/mol. The molecule has 1 aromatic carbocycles. The number of fused-ring (bicyclic) bond motifs is 1. The highest BCUT2D eigenvalue weighted by molar-refractivity contribution is 6.35. The van der Waals surface area contributed by atoms with Gasteiger partial charge in [0, 0.05) is 11.6 Å². The lowest BCUT2D eigenvalue weighted by Gasteiger charge is -2.12. The van der Waals surface area contributed by atoms with E-state index >= 15 is 0 Å². The Morgan fingerprint density at radius 3 is 2.90 bits per heavy atom. The largest absolute Gasteiger partial charge is 0.481 e. The highest BCUT2D eigenvalue weighted by Crippen LogP contribution is 2.29. The molecule has 2 rings (SSSR count). The molecular formula is C14H14ClN3O3. The maximum atomic E-state index is 11.6. The molecule has 110 valence electrons. The molecule has 1 aromatic heterocycles. The summed E-state index contributed by atoms with van der Waals surface area (Å²) in [5.41, 5.74) is 5.63. The summed E-state index contributed by atoms with van der Waals surface area (Å²) in [4.78, 5) is 26.7. The Morgan fingerprint density at radius 2 is 2.19 bits per heavy atom. The van der Waals surface area contributed by atoms with E-state index in [1.165, 1.54) is 6.92 Å². The quantitative estimate of drug-likeness (QED) is 0.869. The van der Waals surface area contributed by atoms with E-state index in [1.54, 1.807) is 24.4 Å². The van der Waals surface area contributed by atoms with Crippen LogP contribution in [0.3, 0.4) is 0 Å². The van der Waals surface area contributed by atoms with Crippen LogP contribution in [0.5, 0.6) is 5.75 Å². The second kappa shape index (κ2) is 6.41. The Kier molecular flexibility index (Phi) is 4.59. The second-order valence-corrected chi connectivity index (χ2v) is 4.83. The van der Waals surface area contributed by atoms with Crippen LogP contribution in [0.1, 0.15) is 6.92 Å². The lowest BCUT2D eigenvalue weighted by molar-refractivity contribution is -0.128. The number of pyridine rings is 1.